The summed E-state index contributed by atoms with van der Waals surface area (Å²) in [4.78, 5) is 27.0. The first-order valence-corrected chi connectivity index (χ1v) is 9.99. The zero-order chi connectivity index (χ0) is 21.3. The van der Waals surface area contributed by atoms with E-state index in [4.69, 9.17) is 5.73 Å². The molecule has 2 atom stereocenters. The number of benzene rings is 2. The molecule has 3 N–H and O–H groups in total. The highest BCUT2D eigenvalue weighted by Gasteiger charge is 2.42. The maximum atomic E-state index is 14.4. The molecule has 7 heteroatoms. The number of nitrogens with two attached hydrogens (primary N) is 1. The Morgan fingerprint density at radius 3 is 2.53 bits per heavy atom. The topological polar surface area (TPSA) is 75.4 Å². The van der Waals surface area contributed by atoms with Gasteiger partial charge in [-0.1, -0.05) is 36.4 Å². The molecule has 0 saturated heterocycles. The molecule has 2 aromatic carbocycles. The third-order valence-electron chi connectivity index (χ3n) is 5.60. The van der Waals surface area contributed by atoms with Crippen molar-refractivity contribution in [2.45, 2.75) is 24.9 Å². The maximum absolute atomic E-state index is 14.4. The van der Waals surface area contributed by atoms with Gasteiger partial charge in [-0.15, -0.1) is 0 Å². The van der Waals surface area contributed by atoms with E-state index >= 15 is 0 Å². The summed E-state index contributed by atoms with van der Waals surface area (Å²) in [6.45, 7) is -0.0723. The molecule has 1 saturated carbocycles. The monoisotopic (exact) mass is 411 g/mol. The van der Waals surface area contributed by atoms with E-state index < -0.39 is 23.7 Å². The van der Waals surface area contributed by atoms with Crippen LogP contribution < -0.4 is 11.1 Å². The molecule has 1 fully saturated rings. The zero-order valence-electron chi connectivity index (χ0n) is 16.4. The first-order valence-electron chi connectivity index (χ1n) is 9.99. The largest absolute Gasteiger partial charge is 0.343 e. The molecule has 1 aliphatic carbocycles. The van der Waals surface area contributed by atoms with Crippen molar-refractivity contribution in [1.82, 2.24) is 10.2 Å². The van der Waals surface area contributed by atoms with Gasteiger partial charge in [-0.05, 0) is 48.1 Å². The van der Waals surface area contributed by atoms with Crippen molar-refractivity contribution in [3.63, 3.8) is 0 Å². The average molecular weight is 411 g/mol. The van der Waals surface area contributed by atoms with E-state index in [0.717, 1.165) is 36.6 Å². The van der Waals surface area contributed by atoms with Gasteiger partial charge in [-0.2, -0.15) is 0 Å². The van der Waals surface area contributed by atoms with Crippen molar-refractivity contribution in [3.05, 3.63) is 77.4 Å². The van der Waals surface area contributed by atoms with Crippen LogP contribution in [0.25, 0.3) is 5.57 Å². The third kappa shape index (κ3) is 4.11. The molecule has 2 aromatic rings. The van der Waals surface area contributed by atoms with Crippen molar-refractivity contribution in [1.29, 1.82) is 0 Å². The molecule has 156 valence electrons. The predicted octanol–water partition coefficient (Wildman–Crippen LogP) is 2.79. The average Bonchev–Trinajstić information content (AvgIpc) is 3.51. The van der Waals surface area contributed by atoms with Gasteiger partial charge in [0.05, 0.1) is 12.6 Å². The Hall–Kier alpha value is -3.06. The van der Waals surface area contributed by atoms with E-state index in [1.165, 1.54) is 0 Å². The van der Waals surface area contributed by atoms with Crippen LogP contribution in [0.2, 0.25) is 0 Å². The molecule has 2 amide bonds. The van der Waals surface area contributed by atoms with Gasteiger partial charge in [-0.3, -0.25) is 9.59 Å². The Morgan fingerprint density at radius 2 is 1.87 bits per heavy atom. The van der Waals surface area contributed by atoms with Crippen LogP contribution in [0.1, 0.15) is 30.0 Å². The molecule has 1 aliphatic heterocycles. The zero-order valence-corrected chi connectivity index (χ0v) is 16.4. The smallest absolute Gasteiger partial charge is 0.246 e. The highest BCUT2D eigenvalue weighted by molar-refractivity contribution is 5.91. The predicted molar refractivity (Wildman–Crippen MR) is 109 cm³/mol. The van der Waals surface area contributed by atoms with Gasteiger partial charge in [0.2, 0.25) is 11.8 Å². The molecular weight excluding hydrogens is 388 g/mol. The quantitative estimate of drug-likeness (QED) is 0.768. The van der Waals surface area contributed by atoms with Gasteiger partial charge in [0.25, 0.3) is 0 Å². The molecule has 30 heavy (non-hydrogen) atoms. The van der Waals surface area contributed by atoms with Gasteiger partial charge in [0, 0.05) is 12.1 Å². The molecule has 5 nitrogen and oxygen atoms in total. The van der Waals surface area contributed by atoms with Crippen molar-refractivity contribution >= 4 is 17.4 Å². The minimum absolute atomic E-state index is 0.0689. The Bertz CT molecular complexity index is 989. The number of hydrogen-bond donors (Lipinski definition) is 2. The normalized spacial score (nSPS) is 19.4. The van der Waals surface area contributed by atoms with Gasteiger partial charge in [-0.25, -0.2) is 8.78 Å². The van der Waals surface area contributed by atoms with E-state index in [-0.39, 0.29) is 36.4 Å². The number of carbonyl (C=O) groups excluding carboxylic acids is 2. The minimum Gasteiger partial charge on any atom is -0.343 e. The first-order chi connectivity index (χ1) is 14.5. The lowest BCUT2D eigenvalue weighted by atomic mass is 10.0. The van der Waals surface area contributed by atoms with Crippen LogP contribution in [0.5, 0.6) is 0 Å². The summed E-state index contributed by atoms with van der Waals surface area (Å²) in [5.74, 6) is -1.64. The summed E-state index contributed by atoms with van der Waals surface area (Å²) < 4.78 is 28.2. The minimum atomic E-state index is -0.669. The van der Waals surface area contributed by atoms with Crippen molar-refractivity contribution in [3.8, 4) is 0 Å². The van der Waals surface area contributed by atoms with Crippen molar-refractivity contribution < 1.29 is 18.4 Å². The molecule has 1 heterocycles. The number of amides is 2. The summed E-state index contributed by atoms with van der Waals surface area (Å²) in [6.07, 6.45) is 3.49. The fraction of sp³-hybridized carbons (Fsp3) is 0.304. The highest BCUT2D eigenvalue weighted by atomic mass is 19.1. The second-order valence-corrected chi connectivity index (χ2v) is 7.72. The third-order valence-corrected chi connectivity index (χ3v) is 5.60. The SMILES string of the molecule is NCC(=O)N[C@H](C(=O)N1CC(c2cc(F)ccc2F)=C[C@H]1c1ccccc1)C1CC1. The van der Waals surface area contributed by atoms with E-state index in [1.807, 2.05) is 30.3 Å². The van der Waals surface area contributed by atoms with Crippen LogP contribution in [0, 0.1) is 17.6 Å². The van der Waals surface area contributed by atoms with E-state index in [9.17, 15) is 18.4 Å². The lowest BCUT2D eigenvalue weighted by Gasteiger charge is -2.30. The van der Waals surface area contributed by atoms with Crippen LogP contribution in [0.15, 0.2) is 54.6 Å². The molecule has 0 unspecified atom stereocenters. The molecule has 0 radical (unpaired) electrons. The second-order valence-electron chi connectivity index (χ2n) is 7.72. The van der Waals surface area contributed by atoms with Gasteiger partial charge < -0.3 is 16.0 Å². The van der Waals surface area contributed by atoms with Crippen molar-refractivity contribution in [2.75, 3.05) is 13.1 Å². The standard InChI is InChI=1S/C23H23F2N3O2/c24-17-8-9-19(25)18(11-17)16-10-20(14-4-2-1-3-5-14)28(13-16)23(30)22(15-6-7-15)27-21(29)12-26/h1-5,8-11,15,20,22H,6-7,12-13,26H2,(H,27,29)/t20-,22-/m0/s1. The lowest BCUT2D eigenvalue weighted by molar-refractivity contribution is -0.137. The van der Waals surface area contributed by atoms with Crippen LogP contribution in [0.4, 0.5) is 8.78 Å². The van der Waals surface area contributed by atoms with E-state index in [1.54, 1.807) is 11.0 Å². The molecular formula is C23H23F2N3O2. The number of halogens is 2. The second kappa shape index (κ2) is 8.36. The van der Waals surface area contributed by atoms with Gasteiger partial charge >= 0.3 is 0 Å². The fourth-order valence-corrected chi connectivity index (χ4v) is 3.90. The van der Waals surface area contributed by atoms with E-state index in [2.05, 4.69) is 5.32 Å². The summed E-state index contributed by atoms with van der Waals surface area (Å²) in [6, 6.07) is 11.6. The summed E-state index contributed by atoms with van der Waals surface area (Å²) >= 11 is 0. The molecule has 2 aliphatic rings. The van der Waals surface area contributed by atoms with Crippen molar-refractivity contribution in [2.24, 2.45) is 11.7 Å². The van der Waals surface area contributed by atoms with Crippen LogP contribution >= 0.6 is 0 Å². The lowest BCUT2D eigenvalue weighted by Crippen LogP contribution is -2.51. The highest BCUT2D eigenvalue weighted by Crippen LogP contribution is 2.39. The number of rotatable bonds is 6. The Kier molecular flexibility index (Phi) is 5.63. The summed E-state index contributed by atoms with van der Waals surface area (Å²) in [5.41, 5.74) is 6.95. The summed E-state index contributed by atoms with van der Waals surface area (Å²) in [5, 5.41) is 2.74. The molecule has 4 rings (SSSR count). The first kappa shape index (κ1) is 20.2. The number of nitrogens with zero attached hydrogens (tertiary/aromatic N) is 1. The molecule has 0 aromatic heterocycles. The fourth-order valence-electron chi connectivity index (χ4n) is 3.90. The van der Waals surface area contributed by atoms with Gasteiger partial charge in [0.15, 0.2) is 0 Å². The van der Waals surface area contributed by atoms with E-state index in [0.29, 0.717) is 5.57 Å². The van der Waals surface area contributed by atoms with Crippen LogP contribution in [0.3, 0.4) is 0 Å². The Balaban J connectivity index is 1.68. The Morgan fingerprint density at radius 1 is 1.13 bits per heavy atom. The maximum Gasteiger partial charge on any atom is 0.246 e. The number of hydrogen-bond acceptors (Lipinski definition) is 3. The Labute approximate surface area is 173 Å². The number of nitrogens with one attached hydrogen (secondary N) is 1. The van der Waals surface area contributed by atoms with Gasteiger partial charge in [0.1, 0.15) is 17.7 Å². The molecule has 0 spiro atoms. The number of carbonyl (C=O) groups is 2. The molecule has 0 bridgehead atoms. The summed E-state index contributed by atoms with van der Waals surface area (Å²) in [7, 11) is 0. The van der Waals surface area contributed by atoms with Crippen LogP contribution in [-0.2, 0) is 9.59 Å². The van der Waals surface area contributed by atoms with Crippen LogP contribution in [-0.4, -0.2) is 35.8 Å².